The summed E-state index contributed by atoms with van der Waals surface area (Å²) in [7, 11) is 0. The maximum Gasteiger partial charge on any atom is 0.287 e. The lowest BCUT2D eigenvalue weighted by Crippen LogP contribution is -2.49. The van der Waals surface area contributed by atoms with Crippen LogP contribution in [0.3, 0.4) is 0 Å². The summed E-state index contributed by atoms with van der Waals surface area (Å²) >= 11 is 0. The van der Waals surface area contributed by atoms with Crippen molar-refractivity contribution in [1.29, 1.82) is 0 Å². The number of aliphatic hydroxyl groups is 1. The second kappa shape index (κ2) is 6.56. The fourth-order valence-corrected chi connectivity index (χ4v) is 2.29. The molecule has 1 aromatic rings. The molecule has 1 aliphatic rings. The van der Waals surface area contributed by atoms with Gasteiger partial charge in [0.25, 0.3) is 5.91 Å². The number of nitrogens with one attached hydrogen (secondary N) is 2. The highest BCUT2D eigenvalue weighted by Crippen LogP contribution is 2.18. The first-order chi connectivity index (χ1) is 9.56. The van der Waals surface area contributed by atoms with Gasteiger partial charge in [-0.1, -0.05) is 0 Å². The van der Waals surface area contributed by atoms with Gasteiger partial charge in [-0.2, -0.15) is 0 Å². The second-order valence-electron chi connectivity index (χ2n) is 5.19. The molecule has 1 unspecified atom stereocenters. The van der Waals surface area contributed by atoms with Gasteiger partial charge >= 0.3 is 0 Å². The number of amides is 2. The van der Waals surface area contributed by atoms with Crippen molar-refractivity contribution in [3.05, 3.63) is 24.2 Å². The minimum absolute atomic E-state index is 0.0777. The normalized spacial score (nSPS) is 23.9. The molecule has 6 nitrogen and oxygen atoms in total. The van der Waals surface area contributed by atoms with Crippen molar-refractivity contribution in [3.63, 3.8) is 0 Å². The third-order valence-corrected chi connectivity index (χ3v) is 3.53. The molecule has 6 heteroatoms. The highest BCUT2D eigenvalue weighted by Gasteiger charge is 2.24. The van der Waals surface area contributed by atoms with Crippen molar-refractivity contribution in [2.75, 3.05) is 0 Å². The predicted octanol–water partition coefficient (Wildman–Crippen LogP) is 0.818. The Morgan fingerprint density at radius 2 is 2.05 bits per heavy atom. The molecule has 0 spiro atoms. The van der Waals surface area contributed by atoms with Gasteiger partial charge in [0.1, 0.15) is 6.04 Å². The maximum absolute atomic E-state index is 12.0. The van der Waals surface area contributed by atoms with Crippen LogP contribution in [0.1, 0.15) is 43.2 Å². The molecule has 3 N–H and O–H groups in total. The van der Waals surface area contributed by atoms with Gasteiger partial charge in [0.05, 0.1) is 12.4 Å². The summed E-state index contributed by atoms with van der Waals surface area (Å²) < 4.78 is 4.97. The zero-order chi connectivity index (χ0) is 14.5. The van der Waals surface area contributed by atoms with Crippen LogP contribution in [0.25, 0.3) is 0 Å². The third kappa shape index (κ3) is 3.84. The van der Waals surface area contributed by atoms with E-state index < -0.39 is 11.9 Å². The minimum Gasteiger partial charge on any atom is -0.459 e. The molecule has 2 amide bonds. The molecule has 20 heavy (non-hydrogen) atoms. The van der Waals surface area contributed by atoms with Crippen LogP contribution in [-0.4, -0.2) is 35.1 Å². The zero-order valence-corrected chi connectivity index (χ0v) is 11.5. The Kier molecular flexibility index (Phi) is 4.79. The smallest absolute Gasteiger partial charge is 0.287 e. The lowest BCUT2D eigenvalue weighted by molar-refractivity contribution is -0.123. The van der Waals surface area contributed by atoms with E-state index in [9.17, 15) is 14.7 Å². The summed E-state index contributed by atoms with van der Waals surface area (Å²) in [5.74, 6) is -0.437. The van der Waals surface area contributed by atoms with Crippen LogP contribution in [0.5, 0.6) is 0 Å². The molecule has 1 heterocycles. The van der Waals surface area contributed by atoms with E-state index in [4.69, 9.17) is 4.42 Å². The van der Waals surface area contributed by atoms with E-state index in [1.807, 2.05) is 0 Å². The Morgan fingerprint density at radius 1 is 1.35 bits per heavy atom. The first-order valence-corrected chi connectivity index (χ1v) is 6.89. The van der Waals surface area contributed by atoms with Crippen molar-refractivity contribution < 1.29 is 19.1 Å². The summed E-state index contributed by atoms with van der Waals surface area (Å²) in [6, 6.07) is 2.61. The monoisotopic (exact) mass is 280 g/mol. The van der Waals surface area contributed by atoms with Gasteiger partial charge in [-0.15, -0.1) is 0 Å². The van der Waals surface area contributed by atoms with Gasteiger partial charge in [-0.05, 0) is 44.7 Å². The molecule has 1 saturated carbocycles. The number of carbonyl (C=O) groups excluding carboxylic acids is 2. The summed E-state index contributed by atoms with van der Waals surface area (Å²) in [4.78, 5) is 23.7. The van der Waals surface area contributed by atoms with Crippen molar-refractivity contribution in [1.82, 2.24) is 10.6 Å². The first-order valence-electron chi connectivity index (χ1n) is 6.89. The van der Waals surface area contributed by atoms with E-state index in [-0.39, 0.29) is 23.8 Å². The van der Waals surface area contributed by atoms with E-state index >= 15 is 0 Å². The molecule has 0 bridgehead atoms. The van der Waals surface area contributed by atoms with Gasteiger partial charge < -0.3 is 20.2 Å². The molecule has 0 aromatic carbocycles. The molecule has 110 valence electrons. The van der Waals surface area contributed by atoms with E-state index in [1.54, 1.807) is 19.1 Å². The quantitative estimate of drug-likeness (QED) is 0.761. The number of hydrogen-bond donors (Lipinski definition) is 3. The molecular formula is C14H20N2O4. The molecule has 1 aromatic heterocycles. The summed E-state index contributed by atoms with van der Waals surface area (Å²) in [5, 5.41) is 14.9. The van der Waals surface area contributed by atoms with Crippen LogP contribution in [0, 0.1) is 0 Å². The van der Waals surface area contributed by atoms with Crippen molar-refractivity contribution >= 4 is 11.8 Å². The Labute approximate surface area is 117 Å². The number of aliphatic hydroxyl groups excluding tert-OH is 1. The van der Waals surface area contributed by atoms with Crippen LogP contribution >= 0.6 is 0 Å². The average Bonchev–Trinajstić information content (AvgIpc) is 2.95. The molecule has 1 fully saturated rings. The standard InChI is InChI=1S/C14H20N2O4/c1-9(15-14(19)12-3-2-8-20-12)13(18)16-10-4-6-11(17)7-5-10/h2-3,8-11,17H,4-7H2,1H3,(H,15,19)(H,16,18). The fourth-order valence-electron chi connectivity index (χ4n) is 2.29. The highest BCUT2D eigenvalue weighted by atomic mass is 16.3. The van der Waals surface area contributed by atoms with Crippen molar-refractivity contribution in [3.8, 4) is 0 Å². The average molecular weight is 280 g/mol. The van der Waals surface area contributed by atoms with Crippen LogP contribution in [0.2, 0.25) is 0 Å². The van der Waals surface area contributed by atoms with Gasteiger partial charge in [-0.3, -0.25) is 9.59 Å². The zero-order valence-electron chi connectivity index (χ0n) is 11.5. The SMILES string of the molecule is CC(NC(=O)c1ccco1)C(=O)NC1CCC(O)CC1. The lowest BCUT2D eigenvalue weighted by atomic mass is 9.93. The predicted molar refractivity (Wildman–Crippen MR) is 72.0 cm³/mol. The summed E-state index contributed by atoms with van der Waals surface area (Å²) in [6.45, 7) is 1.63. The highest BCUT2D eigenvalue weighted by molar-refractivity contribution is 5.95. The third-order valence-electron chi connectivity index (χ3n) is 3.53. The molecule has 1 aliphatic carbocycles. The first kappa shape index (κ1) is 14.6. The molecular weight excluding hydrogens is 260 g/mol. The molecule has 0 radical (unpaired) electrons. The summed E-state index contributed by atoms with van der Waals surface area (Å²) in [5.41, 5.74) is 0. The Balaban J connectivity index is 1.78. The van der Waals surface area contributed by atoms with E-state index in [0.29, 0.717) is 12.8 Å². The maximum atomic E-state index is 12.0. The molecule has 0 aliphatic heterocycles. The van der Waals surface area contributed by atoms with Crippen LogP contribution < -0.4 is 10.6 Å². The molecule has 1 atom stereocenters. The Morgan fingerprint density at radius 3 is 2.65 bits per heavy atom. The number of rotatable bonds is 4. The van der Waals surface area contributed by atoms with Crippen LogP contribution in [0.15, 0.2) is 22.8 Å². The van der Waals surface area contributed by atoms with Crippen LogP contribution in [0.4, 0.5) is 0 Å². The Bertz CT molecular complexity index is 450. The van der Waals surface area contributed by atoms with E-state index in [2.05, 4.69) is 10.6 Å². The Hall–Kier alpha value is -1.82. The van der Waals surface area contributed by atoms with Gasteiger partial charge in [0.2, 0.25) is 5.91 Å². The minimum atomic E-state index is -0.626. The number of hydrogen-bond acceptors (Lipinski definition) is 4. The van der Waals surface area contributed by atoms with Crippen molar-refractivity contribution in [2.45, 2.75) is 50.8 Å². The van der Waals surface area contributed by atoms with Crippen molar-refractivity contribution in [2.24, 2.45) is 0 Å². The van der Waals surface area contributed by atoms with Gasteiger partial charge in [-0.25, -0.2) is 0 Å². The largest absolute Gasteiger partial charge is 0.459 e. The summed E-state index contributed by atoms with van der Waals surface area (Å²) in [6.07, 6.45) is 4.11. The fraction of sp³-hybridized carbons (Fsp3) is 0.571. The lowest BCUT2D eigenvalue weighted by Gasteiger charge is -2.27. The molecule has 2 rings (SSSR count). The number of furan rings is 1. The van der Waals surface area contributed by atoms with E-state index in [0.717, 1.165) is 12.8 Å². The van der Waals surface area contributed by atoms with Gasteiger partial charge in [0, 0.05) is 6.04 Å². The number of carbonyl (C=O) groups is 2. The van der Waals surface area contributed by atoms with Crippen LogP contribution in [-0.2, 0) is 4.79 Å². The topological polar surface area (TPSA) is 91.6 Å². The van der Waals surface area contributed by atoms with E-state index in [1.165, 1.54) is 6.26 Å². The second-order valence-corrected chi connectivity index (χ2v) is 5.19. The molecule has 0 saturated heterocycles. The van der Waals surface area contributed by atoms with Gasteiger partial charge in [0.15, 0.2) is 5.76 Å².